The van der Waals surface area contributed by atoms with Crippen molar-refractivity contribution in [1.29, 1.82) is 0 Å². The highest BCUT2D eigenvalue weighted by Crippen LogP contribution is 2.12. The van der Waals surface area contributed by atoms with Crippen molar-refractivity contribution >= 4 is 0 Å². The van der Waals surface area contributed by atoms with Gasteiger partial charge < -0.3 is 11.5 Å². The van der Waals surface area contributed by atoms with Gasteiger partial charge in [0.2, 0.25) is 0 Å². The minimum absolute atomic E-state index is 0.0188. The largest absolute Gasteiger partial charge is 0.329 e. The van der Waals surface area contributed by atoms with Crippen LogP contribution in [0, 0.1) is 0 Å². The first-order valence-corrected chi connectivity index (χ1v) is 5.82. The third-order valence-electron chi connectivity index (χ3n) is 2.73. The lowest BCUT2D eigenvalue weighted by atomic mass is 10.0. The second kappa shape index (κ2) is 6.59. The maximum Gasteiger partial charge on any atom is 0.0419 e. The summed E-state index contributed by atoms with van der Waals surface area (Å²) in [6, 6.07) is 8.51. The summed E-state index contributed by atoms with van der Waals surface area (Å²) >= 11 is 0. The van der Waals surface area contributed by atoms with E-state index in [0.717, 1.165) is 5.56 Å². The monoisotopic (exact) mass is 206 g/mol. The Balaban J connectivity index is 2.49. The van der Waals surface area contributed by atoms with Gasteiger partial charge in [0.25, 0.3) is 0 Å². The van der Waals surface area contributed by atoms with E-state index in [1.165, 1.54) is 31.2 Å². The van der Waals surface area contributed by atoms with E-state index >= 15 is 0 Å². The Morgan fingerprint density at radius 2 is 1.80 bits per heavy atom. The summed E-state index contributed by atoms with van der Waals surface area (Å²) in [4.78, 5) is 0. The normalized spacial score (nSPS) is 12.7. The summed E-state index contributed by atoms with van der Waals surface area (Å²) in [7, 11) is 0. The molecular weight excluding hydrogens is 184 g/mol. The number of hydrogen-bond donors (Lipinski definition) is 2. The summed E-state index contributed by atoms with van der Waals surface area (Å²) in [6.45, 7) is 2.73. The molecule has 1 aromatic carbocycles. The third-order valence-corrected chi connectivity index (χ3v) is 2.73. The smallest absolute Gasteiger partial charge is 0.0419 e. The molecule has 0 fully saturated rings. The van der Waals surface area contributed by atoms with Gasteiger partial charge in [0.1, 0.15) is 0 Å². The zero-order valence-electron chi connectivity index (χ0n) is 9.58. The van der Waals surface area contributed by atoms with E-state index in [1.54, 1.807) is 0 Å². The fourth-order valence-corrected chi connectivity index (χ4v) is 1.65. The van der Waals surface area contributed by atoms with Crippen molar-refractivity contribution < 1.29 is 0 Å². The molecule has 0 aromatic heterocycles. The lowest BCUT2D eigenvalue weighted by Gasteiger charge is -2.09. The highest BCUT2D eigenvalue weighted by atomic mass is 14.7. The van der Waals surface area contributed by atoms with Crippen molar-refractivity contribution in [3.8, 4) is 0 Å². The van der Waals surface area contributed by atoms with Crippen molar-refractivity contribution in [3.63, 3.8) is 0 Å². The number of rotatable bonds is 6. The molecule has 1 aromatic rings. The van der Waals surface area contributed by atoms with E-state index in [0.29, 0.717) is 6.54 Å². The SMILES string of the molecule is CCCCCc1ccc([C@@H](N)CN)cc1. The molecule has 1 atom stereocenters. The van der Waals surface area contributed by atoms with Crippen molar-refractivity contribution in [3.05, 3.63) is 35.4 Å². The van der Waals surface area contributed by atoms with Crippen LogP contribution in [0.1, 0.15) is 43.4 Å². The van der Waals surface area contributed by atoms with Crippen LogP contribution in [-0.2, 0) is 6.42 Å². The Hall–Kier alpha value is -0.860. The van der Waals surface area contributed by atoms with Crippen LogP contribution in [0.5, 0.6) is 0 Å². The molecule has 0 amide bonds. The second-order valence-corrected chi connectivity index (χ2v) is 4.04. The summed E-state index contributed by atoms with van der Waals surface area (Å²) in [5.41, 5.74) is 13.9. The maximum atomic E-state index is 5.84. The molecule has 15 heavy (non-hydrogen) atoms. The number of hydrogen-bond acceptors (Lipinski definition) is 2. The van der Waals surface area contributed by atoms with Crippen molar-refractivity contribution in [1.82, 2.24) is 0 Å². The van der Waals surface area contributed by atoms with Crippen LogP contribution in [0.2, 0.25) is 0 Å². The average Bonchev–Trinajstić information content (AvgIpc) is 2.29. The molecule has 0 aliphatic heterocycles. The third kappa shape index (κ3) is 4.02. The van der Waals surface area contributed by atoms with Crippen LogP contribution in [0.3, 0.4) is 0 Å². The first-order valence-electron chi connectivity index (χ1n) is 5.82. The first kappa shape index (κ1) is 12.2. The molecule has 0 spiro atoms. The molecule has 4 N–H and O–H groups in total. The maximum absolute atomic E-state index is 5.84. The predicted octanol–water partition coefficient (Wildman–Crippen LogP) is 2.38. The molecule has 0 radical (unpaired) electrons. The van der Waals surface area contributed by atoms with E-state index < -0.39 is 0 Å². The fourth-order valence-electron chi connectivity index (χ4n) is 1.65. The predicted molar refractivity (Wildman–Crippen MR) is 65.7 cm³/mol. The van der Waals surface area contributed by atoms with Crippen molar-refractivity contribution in [2.24, 2.45) is 11.5 Å². The quantitative estimate of drug-likeness (QED) is 0.702. The van der Waals surface area contributed by atoms with Gasteiger partial charge in [0, 0.05) is 12.6 Å². The highest BCUT2D eigenvalue weighted by Gasteiger charge is 2.02. The Morgan fingerprint density at radius 3 is 2.33 bits per heavy atom. The minimum atomic E-state index is -0.0188. The van der Waals surface area contributed by atoms with Gasteiger partial charge in [0.15, 0.2) is 0 Å². The molecule has 2 heteroatoms. The molecule has 0 saturated heterocycles. The Bertz CT molecular complexity index is 266. The molecule has 2 nitrogen and oxygen atoms in total. The van der Waals surface area contributed by atoms with E-state index in [-0.39, 0.29) is 6.04 Å². The zero-order chi connectivity index (χ0) is 11.1. The summed E-state index contributed by atoms with van der Waals surface area (Å²) in [5.74, 6) is 0. The van der Waals surface area contributed by atoms with Crippen LogP contribution in [-0.4, -0.2) is 6.54 Å². The van der Waals surface area contributed by atoms with Gasteiger partial charge in [-0.2, -0.15) is 0 Å². The summed E-state index contributed by atoms with van der Waals surface area (Å²) in [6.07, 6.45) is 5.03. The standard InChI is InChI=1S/C13H22N2/c1-2-3-4-5-11-6-8-12(9-7-11)13(15)10-14/h6-9,13H,2-5,10,14-15H2,1H3/t13-/m0/s1. The molecular formula is C13H22N2. The van der Waals surface area contributed by atoms with Crippen LogP contribution in [0.15, 0.2) is 24.3 Å². The van der Waals surface area contributed by atoms with E-state index in [2.05, 4.69) is 31.2 Å². The second-order valence-electron chi connectivity index (χ2n) is 4.04. The zero-order valence-corrected chi connectivity index (χ0v) is 9.58. The average molecular weight is 206 g/mol. The van der Waals surface area contributed by atoms with Gasteiger partial charge >= 0.3 is 0 Å². The van der Waals surface area contributed by atoms with Crippen molar-refractivity contribution in [2.45, 2.75) is 38.6 Å². The van der Waals surface area contributed by atoms with E-state index in [4.69, 9.17) is 11.5 Å². The van der Waals surface area contributed by atoms with Gasteiger partial charge in [0.05, 0.1) is 0 Å². The molecule has 0 aliphatic carbocycles. The molecule has 0 heterocycles. The Labute approximate surface area is 92.7 Å². The number of nitrogens with two attached hydrogens (primary N) is 2. The van der Waals surface area contributed by atoms with Crippen LogP contribution in [0.4, 0.5) is 0 Å². The van der Waals surface area contributed by atoms with Gasteiger partial charge in [-0.3, -0.25) is 0 Å². The van der Waals surface area contributed by atoms with Crippen molar-refractivity contribution in [2.75, 3.05) is 6.54 Å². The highest BCUT2D eigenvalue weighted by molar-refractivity contribution is 5.25. The summed E-state index contributed by atoms with van der Waals surface area (Å²) in [5, 5.41) is 0. The van der Waals surface area contributed by atoms with Gasteiger partial charge in [-0.1, -0.05) is 44.0 Å². The Kier molecular flexibility index (Phi) is 5.37. The van der Waals surface area contributed by atoms with Crippen LogP contribution < -0.4 is 11.5 Å². The summed E-state index contributed by atoms with van der Waals surface area (Å²) < 4.78 is 0. The fraction of sp³-hybridized carbons (Fsp3) is 0.538. The van der Waals surface area contributed by atoms with E-state index in [9.17, 15) is 0 Å². The van der Waals surface area contributed by atoms with Crippen LogP contribution in [0.25, 0.3) is 0 Å². The molecule has 0 unspecified atom stereocenters. The first-order chi connectivity index (χ1) is 7.27. The number of benzene rings is 1. The van der Waals surface area contributed by atoms with Gasteiger partial charge in [-0.25, -0.2) is 0 Å². The lowest BCUT2D eigenvalue weighted by Crippen LogP contribution is -2.20. The molecule has 84 valence electrons. The number of aryl methyl sites for hydroxylation is 1. The Morgan fingerprint density at radius 1 is 1.13 bits per heavy atom. The minimum Gasteiger partial charge on any atom is -0.329 e. The lowest BCUT2D eigenvalue weighted by molar-refractivity contribution is 0.714. The molecule has 0 bridgehead atoms. The molecule has 0 aliphatic rings. The molecule has 1 rings (SSSR count). The topological polar surface area (TPSA) is 52.0 Å². The van der Waals surface area contributed by atoms with E-state index in [1.807, 2.05) is 0 Å². The number of unbranched alkanes of at least 4 members (excludes halogenated alkanes) is 2. The van der Waals surface area contributed by atoms with Gasteiger partial charge in [-0.05, 0) is 24.0 Å². The van der Waals surface area contributed by atoms with Crippen LogP contribution >= 0.6 is 0 Å². The van der Waals surface area contributed by atoms with Gasteiger partial charge in [-0.15, -0.1) is 0 Å². The molecule has 0 saturated carbocycles.